The summed E-state index contributed by atoms with van der Waals surface area (Å²) in [6.45, 7) is 10.6. The van der Waals surface area contributed by atoms with Crippen molar-refractivity contribution < 1.29 is 14.7 Å². The molecule has 1 heterocycles. The van der Waals surface area contributed by atoms with Crippen LogP contribution in [0.4, 0.5) is 5.00 Å². The van der Waals surface area contributed by atoms with E-state index in [0.29, 0.717) is 16.5 Å². The lowest BCUT2D eigenvalue weighted by Gasteiger charge is -2.26. The molecule has 0 aliphatic heterocycles. The van der Waals surface area contributed by atoms with E-state index in [1.165, 1.54) is 16.2 Å². The van der Waals surface area contributed by atoms with E-state index in [-0.39, 0.29) is 28.1 Å². The van der Waals surface area contributed by atoms with Gasteiger partial charge < -0.3 is 10.4 Å². The highest BCUT2D eigenvalue weighted by Gasteiger charge is 2.68. The van der Waals surface area contributed by atoms with Crippen LogP contribution in [0.2, 0.25) is 0 Å². The van der Waals surface area contributed by atoms with Crippen molar-refractivity contribution in [2.45, 2.75) is 71.6 Å². The predicted octanol–water partition coefficient (Wildman–Crippen LogP) is 5.00. The number of fused-ring (bicyclic) bond motifs is 5. The maximum Gasteiger partial charge on any atom is 0.339 e. The van der Waals surface area contributed by atoms with Gasteiger partial charge in [-0.2, -0.15) is 0 Å². The maximum absolute atomic E-state index is 12.8. The van der Waals surface area contributed by atoms with Gasteiger partial charge in [0.05, 0.1) is 5.56 Å². The summed E-state index contributed by atoms with van der Waals surface area (Å²) in [7, 11) is 0. The molecule has 5 heteroatoms. The van der Waals surface area contributed by atoms with Crippen molar-refractivity contribution in [3.8, 4) is 0 Å². The molecule has 0 spiro atoms. The van der Waals surface area contributed by atoms with Crippen LogP contribution in [0.15, 0.2) is 0 Å². The lowest BCUT2D eigenvalue weighted by molar-refractivity contribution is -0.118. The van der Waals surface area contributed by atoms with Gasteiger partial charge in [0, 0.05) is 10.8 Å². The first kappa shape index (κ1) is 17.1. The fraction of sp³-hybridized carbons (Fsp3) is 0.700. The monoisotopic (exact) mass is 361 g/mol. The summed E-state index contributed by atoms with van der Waals surface area (Å²) in [6.07, 6.45) is 4.29. The third-order valence-corrected chi connectivity index (χ3v) is 9.12. The largest absolute Gasteiger partial charge is 0.478 e. The van der Waals surface area contributed by atoms with E-state index in [0.717, 1.165) is 31.2 Å². The normalized spacial score (nSPS) is 31.0. The number of thiophene rings is 1. The minimum atomic E-state index is -0.900. The predicted molar refractivity (Wildman–Crippen MR) is 99.5 cm³/mol. The zero-order valence-electron chi connectivity index (χ0n) is 15.7. The molecule has 1 amide bonds. The van der Waals surface area contributed by atoms with Crippen LogP contribution in [0, 0.1) is 16.7 Å². The standard InChI is InChI=1S/C20H27NO3S/c1-6-20-8-7-10(9-20)13-12(20)11(17(23)24)16(25-13)21-15(22)14-18(2,3)19(14,4)5/h10,14H,6-9H2,1-5H3,(H,21,22)(H,23,24). The Hall–Kier alpha value is -1.36. The summed E-state index contributed by atoms with van der Waals surface area (Å²) in [6, 6.07) is 0. The summed E-state index contributed by atoms with van der Waals surface area (Å²) in [5.41, 5.74) is 1.32. The number of hydrogen-bond donors (Lipinski definition) is 2. The second kappa shape index (κ2) is 4.87. The van der Waals surface area contributed by atoms with Crippen molar-refractivity contribution in [2.75, 3.05) is 5.32 Å². The SMILES string of the molecule is CCC12CCC(C1)c1sc(NC(=O)C3C(C)(C)C3(C)C)c(C(=O)O)c12. The highest BCUT2D eigenvalue weighted by molar-refractivity contribution is 7.17. The van der Waals surface area contributed by atoms with Crippen molar-refractivity contribution in [1.29, 1.82) is 0 Å². The zero-order valence-corrected chi connectivity index (χ0v) is 16.5. The zero-order chi connectivity index (χ0) is 18.4. The Morgan fingerprint density at radius 1 is 1.24 bits per heavy atom. The van der Waals surface area contributed by atoms with Crippen LogP contribution in [0.5, 0.6) is 0 Å². The lowest BCUT2D eigenvalue weighted by atomic mass is 9.77. The fourth-order valence-corrected chi connectivity index (χ4v) is 7.12. The van der Waals surface area contributed by atoms with Crippen LogP contribution in [0.3, 0.4) is 0 Å². The number of hydrogen-bond acceptors (Lipinski definition) is 3. The van der Waals surface area contributed by atoms with Gasteiger partial charge in [0.15, 0.2) is 0 Å². The van der Waals surface area contributed by atoms with E-state index < -0.39 is 5.97 Å². The Morgan fingerprint density at radius 2 is 1.88 bits per heavy atom. The van der Waals surface area contributed by atoms with E-state index in [1.807, 2.05) is 0 Å². The molecule has 4 nitrogen and oxygen atoms in total. The van der Waals surface area contributed by atoms with E-state index in [9.17, 15) is 14.7 Å². The molecule has 2 bridgehead atoms. The van der Waals surface area contributed by atoms with Gasteiger partial charge in [-0.3, -0.25) is 4.79 Å². The molecule has 25 heavy (non-hydrogen) atoms. The topological polar surface area (TPSA) is 66.4 Å². The average molecular weight is 362 g/mol. The van der Waals surface area contributed by atoms with Gasteiger partial charge >= 0.3 is 5.97 Å². The Morgan fingerprint density at radius 3 is 2.40 bits per heavy atom. The number of carbonyl (C=O) groups is 2. The van der Waals surface area contributed by atoms with Crippen molar-refractivity contribution in [1.82, 2.24) is 0 Å². The lowest BCUT2D eigenvalue weighted by Crippen LogP contribution is -2.23. The van der Waals surface area contributed by atoms with Gasteiger partial charge in [-0.05, 0) is 53.4 Å². The maximum atomic E-state index is 12.8. The molecule has 0 aromatic carbocycles. The van der Waals surface area contributed by atoms with Crippen molar-refractivity contribution >= 4 is 28.2 Å². The minimum Gasteiger partial charge on any atom is -0.478 e. The molecule has 4 rings (SSSR count). The van der Waals surface area contributed by atoms with E-state index >= 15 is 0 Å². The van der Waals surface area contributed by atoms with E-state index in [4.69, 9.17) is 0 Å². The number of nitrogens with one attached hydrogen (secondary N) is 1. The van der Waals surface area contributed by atoms with Gasteiger partial charge in [0.25, 0.3) is 0 Å². The number of carboxylic acids is 1. The molecule has 1 aromatic heterocycles. The quantitative estimate of drug-likeness (QED) is 0.793. The Bertz CT molecular complexity index is 777. The van der Waals surface area contributed by atoms with Gasteiger partial charge in [0.1, 0.15) is 5.00 Å². The first-order valence-corrected chi connectivity index (χ1v) is 10.1. The summed E-state index contributed by atoms with van der Waals surface area (Å²) in [5, 5.41) is 13.4. The molecule has 136 valence electrons. The third-order valence-electron chi connectivity index (χ3n) is 7.86. The number of carboxylic acid groups (broad SMARTS) is 1. The summed E-state index contributed by atoms with van der Waals surface area (Å²) in [4.78, 5) is 26.1. The molecule has 2 unspecified atom stereocenters. The first-order chi connectivity index (χ1) is 11.6. The Kier molecular flexibility index (Phi) is 3.33. The second-order valence-corrected chi connectivity index (χ2v) is 10.3. The van der Waals surface area contributed by atoms with Gasteiger partial charge in [-0.1, -0.05) is 34.6 Å². The van der Waals surface area contributed by atoms with Crippen LogP contribution < -0.4 is 5.32 Å². The number of anilines is 1. The van der Waals surface area contributed by atoms with Crippen molar-refractivity contribution in [2.24, 2.45) is 16.7 Å². The van der Waals surface area contributed by atoms with Crippen LogP contribution in [-0.4, -0.2) is 17.0 Å². The molecule has 3 aliphatic rings. The van der Waals surface area contributed by atoms with Crippen molar-refractivity contribution in [3.63, 3.8) is 0 Å². The number of amides is 1. The molecule has 1 aromatic rings. The van der Waals surface area contributed by atoms with Crippen LogP contribution in [-0.2, 0) is 10.2 Å². The molecule has 2 N–H and O–H groups in total. The summed E-state index contributed by atoms with van der Waals surface area (Å²) >= 11 is 1.51. The molecular weight excluding hydrogens is 334 g/mol. The van der Waals surface area contributed by atoms with Crippen molar-refractivity contribution in [3.05, 3.63) is 16.0 Å². The number of rotatable bonds is 4. The second-order valence-electron chi connectivity index (χ2n) is 9.29. The van der Waals surface area contributed by atoms with Gasteiger partial charge in [-0.25, -0.2) is 4.79 Å². The summed E-state index contributed by atoms with van der Waals surface area (Å²) in [5.74, 6) is -0.522. The van der Waals surface area contributed by atoms with E-state index in [2.05, 4.69) is 39.9 Å². The average Bonchev–Trinajstić information content (AvgIpc) is 2.98. The highest BCUT2D eigenvalue weighted by Crippen LogP contribution is 2.69. The van der Waals surface area contributed by atoms with E-state index in [1.54, 1.807) is 0 Å². The minimum absolute atomic E-state index is 0.0192. The van der Waals surface area contributed by atoms with Gasteiger partial charge in [-0.15, -0.1) is 11.3 Å². The Balaban J connectivity index is 1.71. The number of aromatic carboxylic acids is 1. The highest BCUT2D eigenvalue weighted by atomic mass is 32.1. The third kappa shape index (κ3) is 1.99. The molecule has 3 aliphatic carbocycles. The van der Waals surface area contributed by atoms with Crippen LogP contribution in [0.25, 0.3) is 0 Å². The molecule has 2 saturated carbocycles. The molecular formula is C20H27NO3S. The molecule has 2 atom stereocenters. The fourth-order valence-electron chi connectivity index (χ4n) is 5.67. The molecule has 0 radical (unpaired) electrons. The number of carbonyl (C=O) groups excluding carboxylic acids is 1. The van der Waals surface area contributed by atoms with Crippen LogP contribution >= 0.6 is 11.3 Å². The first-order valence-electron chi connectivity index (χ1n) is 9.28. The van der Waals surface area contributed by atoms with Gasteiger partial charge in [0.2, 0.25) is 5.91 Å². The summed E-state index contributed by atoms with van der Waals surface area (Å²) < 4.78 is 0. The molecule has 2 fully saturated rings. The molecule has 0 saturated heterocycles. The van der Waals surface area contributed by atoms with Crippen LogP contribution in [0.1, 0.15) is 87.0 Å². The Labute approximate surface area is 153 Å². The smallest absolute Gasteiger partial charge is 0.339 e.